The Morgan fingerprint density at radius 3 is 2.79 bits per heavy atom. The van der Waals surface area contributed by atoms with E-state index in [1.165, 1.54) is 12.1 Å². The number of benzene rings is 1. The summed E-state index contributed by atoms with van der Waals surface area (Å²) >= 11 is 1.54. The zero-order chi connectivity index (χ0) is 13.8. The highest BCUT2D eigenvalue weighted by Crippen LogP contribution is 2.20. The average Bonchev–Trinajstić information content (AvgIpc) is 2.89. The Morgan fingerprint density at radius 1 is 1.37 bits per heavy atom. The molecule has 2 aromatic rings. The van der Waals surface area contributed by atoms with Crippen molar-refractivity contribution < 1.29 is 9.72 Å². The van der Waals surface area contributed by atoms with Crippen molar-refractivity contribution in [3.63, 3.8) is 0 Å². The lowest BCUT2D eigenvalue weighted by Crippen LogP contribution is -1.98. The van der Waals surface area contributed by atoms with Crippen molar-refractivity contribution in [2.24, 2.45) is 0 Å². The van der Waals surface area contributed by atoms with Crippen LogP contribution in [0.5, 0.6) is 0 Å². The summed E-state index contributed by atoms with van der Waals surface area (Å²) in [5.74, 6) is -0.241. The largest absolute Gasteiger partial charge is 0.289 e. The maximum atomic E-state index is 11.9. The number of ketones is 1. The highest BCUT2D eigenvalue weighted by molar-refractivity contribution is 7.08. The lowest BCUT2D eigenvalue weighted by molar-refractivity contribution is -0.385. The molecule has 0 aliphatic heterocycles. The minimum Gasteiger partial charge on any atom is -0.289 e. The molecule has 0 saturated heterocycles. The molecule has 0 bridgehead atoms. The van der Waals surface area contributed by atoms with Gasteiger partial charge in [-0.05, 0) is 35.4 Å². The third-order valence-electron chi connectivity index (χ3n) is 2.66. The van der Waals surface area contributed by atoms with E-state index in [0.717, 1.165) is 5.56 Å². The van der Waals surface area contributed by atoms with Gasteiger partial charge in [0, 0.05) is 17.2 Å². The molecule has 2 rings (SSSR count). The fourth-order valence-corrected chi connectivity index (χ4v) is 2.23. The first kappa shape index (κ1) is 13.2. The van der Waals surface area contributed by atoms with Gasteiger partial charge in [-0.1, -0.05) is 18.2 Å². The van der Waals surface area contributed by atoms with E-state index in [-0.39, 0.29) is 11.5 Å². The molecule has 5 heteroatoms. The van der Waals surface area contributed by atoms with Crippen molar-refractivity contribution in [1.29, 1.82) is 0 Å². The summed E-state index contributed by atoms with van der Waals surface area (Å²) in [5, 5.41) is 14.7. The maximum absolute atomic E-state index is 11.9. The summed E-state index contributed by atoms with van der Waals surface area (Å²) in [6.45, 7) is 1.65. The van der Waals surface area contributed by atoms with Crippen molar-refractivity contribution in [1.82, 2.24) is 0 Å². The van der Waals surface area contributed by atoms with Gasteiger partial charge in [-0.3, -0.25) is 14.9 Å². The van der Waals surface area contributed by atoms with E-state index in [4.69, 9.17) is 0 Å². The number of hydrogen-bond acceptors (Lipinski definition) is 4. The van der Waals surface area contributed by atoms with Gasteiger partial charge in [0.25, 0.3) is 5.69 Å². The van der Waals surface area contributed by atoms with Crippen molar-refractivity contribution in [3.8, 4) is 0 Å². The van der Waals surface area contributed by atoms with Crippen molar-refractivity contribution in [3.05, 3.63) is 67.9 Å². The lowest BCUT2D eigenvalue weighted by Gasteiger charge is -1.99. The predicted octanol–water partition coefficient (Wildman–Crippen LogP) is 3.86. The van der Waals surface area contributed by atoms with Crippen LogP contribution < -0.4 is 0 Å². The van der Waals surface area contributed by atoms with E-state index in [9.17, 15) is 14.9 Å². The summed E-state index contributed by atoms with van der Waals surface area (Å²) in [7, 11) is 0. The first-order valence-electron chi connectivity index (χ1n) is 5.57. The summed E-state index contributed by atoms with van der Waals surface area (Å²) in [6.07, 6.45) is 3.13. The molecule has 0 aliphatic rings. The van der Waals surface area contributed by atoms with Gasteiger partial charge in [0.1, 0.15) is 0 Å². The topological polar surface area (TPSA) is 60.2 Å². The fourth-order valence-electron chi connectivity index (χ4n) is 1.60. The van der Waals surface area contributed by atoms with Crippen LogP contribution in [0, 0.1) is 17.0 Å². The number of thiophene rings is 1. The van der Waals surface area contributed by atoms with Crippen molar-refractivity contribution >= 4 is 28.9 Å². The first-order chi connectivity index (χ1) is 9.08. The van der Waals surface area contributed by atoms with E-state index < -0.39 is 4.92 Å². The molecule has 0 atom stereocenters. The molecule has 0 amide bonds. The first-order valence-corrected chi connectivity index (χ1v) is 6.52. The SMILES string of the molecule is Cc1ccc(C(=O)/C=C/c2ccsc2)cc1[N+](=O)[O-]. The second kappa shape index (κ2) is 5.58. The highest BCUT2D eigenvalue weighted by atomic mass is 32.1. The molecule has 0 radical (unpaired) electrons. The van der Waals surface area contributed by atoms with Gasteiger partial charge in [-0.25, -0.2) is 0 Å². The third kappa shape index (κ3) is 3.14. The van der Waals surface area contributed by atoms with Gasteiger partial charge in [0.15, 0.2) is 5.78 Å². The molecule has 4 nitrogen and oxygen atoms in total. The summed E-state index contributed by atoms with van der Waals surface area (Å²) in [4.78, 5) is 22.3. The average molecular weight is 273 g/mol. The normalized spacial score (nSPS) is 10.8. The Balaban J connectivity index is 2.24. The molecule has 0 saturated carbocycles. The van der Waals surface area contributed by atoms with E-state index in [2.05, 4.69) is 0 Å². The smallest absolute Gasteiger partial charge is 0.273 e. The number of nitro groups is 1. The van der Waals surface area contributed by atoms with E-state index in [0.29, 0.717) is 11.1 Å². The molecule has 0 N–H and O–H groups in total. The molecular formula is C14H11NO3S. The lowest BCUT2D eigenvalue weighted by atomic mass is 10.1. The van der Waals surface area contributed by atoms with Crippen LogP contribution in [-0.4, -0.2) is 10.7 Å². The molecule has 1 aromatic heterocycles. The van der Waals surface area contributed by atoms with Gasteiger partial charge in [-0.15, -0.1) is 0 Å². The van der Waals surface area contributed by atoms with Gasteiger partial charge in [0.05, 0.1) is 4.92 Å². The minimum absolute atomic E-state index is 0.0326. The van der Waals surface area contributed by atoms with E-state index in [1.807, 2.05) is 16.8 Å². The number of rotatable bonds is 4. The van der Waals surface area contributed by atoms with Crippen LogP contribution >= 0.6 is 11.3 Å². The summed E-state index contributed by atoms with van der Waals surface area (Å²) < 4.78 is 0. The predicted molar refractivity (Wildman–Crippen MR) is 75.5 cm³/mol. The van der Waals surface area contributed by atoms with E-state index >= 15 is 0 Å². The summed E-state index contributed by atoms with van der Waals surface area (Å²) in [6, 6.07) is 6.40. The monoisotopic (exact) mass is 273 g/mol. The number of nitrogens with zero attached hydrogens (tertiary/aromatic N) is 1. The molecule has 1 aromatic carbocycles. The maximum Gasteiger partial charge on any atom is 0.273 e. The second-order valence-corrected chi connectivity index (χ2v) is 4.79. The molecule has 1 heterocycles. The van der Waals surface area contributed by atoms with Crippen LogP contribution in [-0.2, 0) is 0 Å². The Morgan fingerprint density at radius 2 is 2.16 bits per heavy atom. The van der Waals surface area contributed by atoms with Crippen molar-refractivity contribution in [2.45, 2.75) is 6.92 Å². The zero-order valence-corrected chi connectivity index (χ0v) is 11.0. The Hall–Kier alpha value is -2.27. The van der Waals surface area contributed by atoms with Crippen LogP contribution in [0.25, 0.3) is 6.08 Å². The van der Waals surface area contributed by atoms with E-state index in [1.54, 1.807) is 36.5 Å². The van der Waals surface area contributed by atoms with Crippen LogP contribution in [0.4, 0.5) is 5.69 Å². The standard InChI is InChI=1S/C14H11NO3S/c1-10-2-4-12(8-13(10)15(17)18)14(16)5-3-11-6-7-19-9-11/h2-9H,1H3/b5-3+. The second-order valence-electron chi connectivity index (χ2n) is 4.01. The number of hydrogen-bond donors (Lipinski definition) is 0. The molecule has 0 fully saturated rings. The van der Waals surface area contributed by atoms with Crippen LogP contribution in [0.1, 0.15) is 21.5 Å². The molecular weight excluding hydrogens is 262 g/mol. The Kier molecular flexibility index (Phi) is 3.87. The number of allylic oxidation sites excluding steroid dienone is 1. The molecule has 96 valence electrons. The van der Waals surface area contributed by atoms with Crippen LogP contribution in [0.15, 0.2) is 41.1 Å². The molecule has 0 unspecified atom stereocenters. The molecule has 19 heavy (non-hydrogen) atoms. The fraction of sp³-hybridized carbons (Fsp3) is 0.0714. The number of carbonyl (C=O) groups excluding carboxylic acids is 1. The third-order valence-corrected chi connectivity index (χ3v) is 3.36. The quantitative estimate of drug-likeness (QED) is 0.368. The van der Waals surface area contributed by atoms with Crippen LogP contribution in [0.2, 0.25) is 0 Å². The minimum atomic E-state index is -0.477. The summed E-state index contributed by atoms with van der Waals surface area (Å²) in [5.41, 5.74) is 1.78. The highest BCUT2D eigenvalue weighted by Gasteiger charge is 2.13. The van der Waals surface area contributed by atoms with Gasteiger partial charge >= 0.3 is 0 Å². The Bertz CT molecular complexity index is 645. The molecule has 0 aliphatic carbocycles. The number of aryl methyl sites for hydroxylation is 1. The van der Waals surface area contributed by atoms with Gasteiger partial charge in [0.2, 0.25) is 0 Å². The molecule has 0 spiro atoms. The van der Waals surface area contributed by atoms with Gasteiger partial charge in [-0.2, -0.15) is 11.3 Å². The zero-order valence-electron chi connectivity index (χ0n) is 10.2. The van der Waals surface area contributed by atoms with Crippen molar-refractivity contribution in [2.75, 3.05) is 0 Å². The van der Waals surface area contributed by atoms with Crippen LogP contribution in [0.3, 0.4) is 0 Å². The number of nitro benzene ring substituents is 1. The Labute approximate surface area is 114 Å². The number of carbonyl (C=O) groups is 1. The van der Waals surface area contributed by atoms with Gasteiger partial charge < -0.3 is 0 Å².